The average molecular weight is 315 g/mol. The van der Waals surface area contributed by atoms with E-state index in [4.69, 9.17) is 9.15 Å². The van der Waals surface area contributed by atoms with E-state index in [1.807, 2.05) is 6.92 Å². The van der Waals surface area contributed by atoms with Crippen LogP contribution in [0.5, 0.6) is 5.75 Å². The Kier molecular flexibility index (Phi) is 5.51. The molecule has 23 heavy (non-hydrogen) atoms. The zero-order valence-corrected chi connectivity index (χ0v) is 12.8. The lowest BCUT2D eigenvalue weighted by atomic mass is 10.1. The molecule has 7 nitrogen and oxygen atoms in total. The van der Waals surface area contributed by atoms with E-state index in [0.717, 1.165) is 0 Å². The molecule has 0 fully saturated rings. The molecule has 0 saturated heterocycles. The lowest BCUT2D eigenvalue weighted by molar-refractivity contribution is -0.114. The molecule has 1 aromatic heterocycles. The fraction of sp³-hybridized carbons (Fsp3) is 0.188. The summed E-state index contributed by atoms with van der Waals surface area (Å²) in [7, 11) is 0. The smallest absolute Gasteiger partial charge is 0.275 e. The molecule has 0 saturated carbocycles. The second kappa shape index (κ2) is 7.79. The van der Waals surface area contributed by atoms with Crippen molar-refractivity contribution < 1.29 is 18.7 Å². The molecule has 2 rings (SSSR count). The van der Waals surface area contributed by atoms with E-state index in [0.29, 0.717) is 29.4 Å². The third kappa shape index (κ3) is 4.70. The van der Waals surface area contributed by atoms with Crippen LogP contribution in [0.1, 0.15) is 30.0 Å². The summed E-state index contributed by atoms with van der Waals surface area (Å²) in [6.07, 6.45) is 2.90. The molecule has 0 bridgehead atoms. The minimum atomic E-state index is -0.425. The molecule has 7 heteroatoms. The van der Waals surface area contributed by atoms with Gasteiger partial charge in [-0.25, -0.2) is 5.43 Å². The number of amides is 2. The third-order valence-corrected chi connectivity index (χ3v) is 2.75. The SMILES string of the molecule is CCOc1cc(NC(C)=O)ccc1C(=O)N/N=C\c1ccco1. The summed E-state index contributed by atoms with van der Waals surface area (Å²) in [6.45, 7) is 3.60. The molecule has 1 aromatic carbocycles. The van der Waals surface area contributed by atoms with Gasteiger partial charge in [0.1, 0.15) is 11.5 Å². The number of carbonyl (C=O) groups excluding carboxylic acids is 2. The van der Waals surface area contributed by atoms with Gasteiger partial charge in [-0.3, -0.25) is 9.59 Å². The van der Waals surface area contributed by atoms with E-state index in [2.05, 4.69) is 15.8 Å². The first kappa shape index (κ1) is 16.3. The number of hydrazone groups is 1. The van der Waals surface area contributed by atoms with Crippen molar-refractivity contribution >= 4 is 23.7 Å². The Bertz CT molecular complexity index is 708. The van der Waals surface area contributed by atoms with Crippen molar-refractivity contribution in [1.29, 1.82) is 0 Å². The molecule has 2 amide bonds. The molecule has 1 heterocycles. The van der Waals surface area contributed by atoms with Crippen LogP contribution in [0.3, 0.4) is 0 Å². The van der Waals surface area contributed by atoms with Crippen molar-refractivity contribution in [2.24, 2.45) is 5.10 Å². The van der Waals surface area contributed by atoms with Gasteiger partial charge in [0.05, 0.1) is 24.6 Å². The number of furan rings is 1. The van der Waals surface area contributed by atoms with Crippen LogP contribution < -0.4 is 15.5 Å². The van der Waals surface area contributed by atoms with Gasteiger partial charge >= 0.3 is 0 Å². The van der Waals surface area contributed by atoms with E-state index >= 15 is 0 Å². The Morgan fingerprint density at radius 1 is 1.35 bits per heavy atom. The normalized spacial score (nSPS) is 10.5. The van der Waals surface area contributed by atoms with Gasteiger partial charge in [0.15, 0.2) is 0 Å². The van der Waals surface area contributed by atoms with Crippen molar-refractivity contribution in [2.75, 3.05) is 11.9 Å². The predicted octanol–water partition coefficient (Wildman–Crippen LogP) is 2.40. The number of nitrogens with one attached hydrogen (secondary N) is 2. The van der Waals surface area contributed by atoms with Crippen LogP contribution in [-0.4, -0.2) is 24.6 Å². The monoisotopic (exact) mass is 315 g/mol. The van der Waals surface area contributed by atoms with Gasteiger partial charge in [-0.05, 0) is 31.2 Å². The summed E-state index contributed by atoms with van der Waals surface area (Å²) >= 11 is 0. The van der Waals surface area contributed by atoms with Crippen molar-refractivity contribution in [1.82, 2.24) is 5.43 Å². The number of hydrogen-bond donors (Lipinski definition) is 2. The lowest BCUT2D eigenvalue weighted by Gasteiger charge is -2.11. The number of carbonyl (C=O) groups is 2. The maximum atomic E-state index is 12.2. The second-order valence-corrected chi connectivity index (χ2v) is 4.54. The summed E-state index contributed by atoms with van der Waals surface area (Å²) in [4.78, 5) is 23.3. The van der Waals surface area contributed by atoms with Crippen molar-refractivity contribution in [3.8, 4) is 5.75 Å². The molecule has 0 unspecified atom stereocenters. The van der Waals surface area contributed by atoms with Crippen LogP contribution in [0, 0.1) is 0 Å². The summed E-state index contributed by atoms with van der Waals surface area (Å²) in [5.74, 6) is 0.263. The number of rotatable bonds is 6. The highest BCUT2D eigenvalue weighted by molar-refractivity contribution is 5.98. The summed E-state index contributed by atoms with van der Waals surface area (Å²) in [6, 6.07) is 8.21. The molecule has 0 aliphatic heterocycles. The molecule has 0 aliphatic rings. The molecule has 0 radical (unpaired) electrons. The quantitative estimate of drug-likeness (QED) is 0.632. The minimum absolute atomic E-state index is 0.201. The molecular weight excluding hydrogens is 298 g/mol. The molecule has 0 aliphatic carbocycles. The molecule has 0 spiro atoms. The molecule has 0 atom stereocenters. The van der Waals surface area contributed by atoms with Gasteiger partial charge < -0.3 is 14.5 Å². The highest BCUT2D eigenvalue weighted by Crippen LogP contribution is 2.23. The lowest BCUT2D eigenvalue weighted by Crippen LogP contribution is -2.19. The largest absolute Gasteiger partial charge is 0.493 e. The Labute approximate surface area is 133 Å². The number of anilines is 1. The zero-order chi connectivity index (χ0) is 16.7. The van der Waals surface area contributed by atoms with Gasteiger partial charge in [0.25, 0.3) is 5.91 Å². The van der Waals surface area contributed by atoms with E-state index in [9.17, 15) is 9.59 Å². The third-order valence-electron chi connectivity index (χ3n) is 2.75. The van der Waals surface area contributed by atoms with Crippen LogP contribution in [0.2, 0.25) is 0 Å². The fourth-order valence-corrected chi connectivity index (χ4v) is 1.85. The summed E-state index contributed by atoms with van der Waals surface area (Å²) < 4.78 is 10.5. The van der Waals surface area contributed by atoms with Gasteiger partial charge in [0, 0.05) is 18.7 Å². The predicted molar refractivity (Wildman–Crippen MR) is 85.7 cm³/mol. The van der Waals surface area contributed by atoms with Crippen LogP contribution in [0.4, 0.5) is 5.69 Å². The van der Waals surface area contributed by atoms with Crippen LogP contribution >= 0.6 is 0 Å². The summed E-state index contributed by atoms with van der Waals surface area (Å²) in [5.41, 5.74) is 3.27. The molecular formula is C16H17N3O4. The zero-order valence-electron chi connectivity index (χ0n) is 12.8. The van der Waals surface area contributed by atoms with Crippen molar-refractivity contribution in [3.63, 3.8) is 0 Å². The second-order valence-electron chi connectivity index (χ2n) is 4.54. The highest BCUT2D eigenvalue weighted by atomic mass is 16.5. The first-order chi connectivity index (χ1) is 11.1. The topological polar surface area (TPSA) is 92.9 Å². The Morgan fingerprint density at radius 3 is 2.83 bits per heavy atom. The van der Waals surface area contributed by atoms with E-state index in [-0.39, 0.29) is 5.91 Å². The maximum absolute atomic E-state index is 12.2. The van der Waals surface area contributed by atoms with E-state index in [1.54, 1.807) is 30.3 Å². The van der Waals surface area contributed by atoms with Gasteiger partial charge in [-0.2, -0.15) is 5.10 Å². The average Bonchev–Trinajstić information content (AvgIpc) is 3.00. The number of ether oxygens (including phenoxy) is 1. The van der Waals surface area contributed by atoms with Crippen molar-refractivity contribution in [2.45, 2.75) is 13.8 Å². The van der Waals surface area contributed by atoms with Crippen LogP contribution in [0.15, 0.2) is 46.1 Å². The molecule has 2 aromatic rings. The standard InChI is InChI=1S/C16H17N3O4/c1-3-22-15-9-12(18-11(2)20)6-7-14(15)16(21)19-17-10-13-5-4-8-23-13/h4-10H,3H2,1-2H3,(H,18,20)(H,19,21)/b17-10-. The molecule has 120 valence electrons. The molecule has 2 N–H and O–H groups in total. The first-order valence-corrected chi connectivity index (χ1v) is 7.01. The van der Waals surface area contributed by atoms with E-state index in [1.165, 1.54) is 19.4 Å². The summed E-state index contributed by atoms with van der Waals surface area (Å²) in [5, 5.41) is 6.46. The van der Waals surface area contributed by atoms with Crippen LogP contribution in [0.25, 0.3) is 0 Å². The Hall–Kier alpha value is -3.09. The minimum Gasteiger partial charge on any atom is -0.493 e. The Balaban J connectivity index is 2.12. The van der Waals surface area contributed by atoms with Crippen LogP contribution in [-0.2, 0) is 4.79 Å². The van der Waals surface area contributed by atoms with Crippen molar-refractivity contribution in [3.05, 3.63) is 47.9 Å². The maximum Gasteiger partial charge on any atom is 0.275 e. The highest BCUT2D eigenvalue weighted by Gasteiger charge is 2.13. The number of hydrogen-bond acceptors (Lipinski definition) is 5. The number of benzene rings is 1. The van der Waals surface area contributed by atoms with Gasteiger partial charge in [-0.15, -0.1) is 0 Å². The first-order valence-electron chi connectivity index (χ1n) is 7.01. The van der Waals surface area contributed by atoms with Gasteiger partial charge in [0.2, 0.25) is 5.91 Å². The fourth-order valence-electron chi connectivity index (χ4n) is 1.85. The van der Waals surface area contributed by atoms with Gasteiger partial charge in [-0.1, -0.05) is 0 Å². The van der Waals surface area contributed by atoms with E-state index < -0.39 is 5.91 Å². The number of nitrogens with zero attached hydrogens (tertiary/aromatic N) is 1. The Morgan fingerprint density at radius 2 is 2.17 bits per heavy atom.